The van der Waals surface area contributed by atoms with Crippen LogP contribution in [0.25, 0.3) is 0 Å². The molecule has 0 aromatic heterocycles. The number of nitrogens with zero attached hydrogens (tertiary/aromatic N) is 1. The van der Waals surface area contributed by atoms with Crippen LogP contribution in [0.3, 0.4) is 0 Å². The van der Waals surface area contributed by atoms with Crippen LogP contribution in [0.1, 0.15) is 12.8 Å². The number of terminal acetylenes is 1. The minimum absolute atomic E-state index is 0.672. The molecule has 0 radical (unpaired) electrons. The van der Waals surface area contributed by atoms with Crippen molar-refractivity contribution in [1.82, 2.24) is 10.2 Å². The van der Waals surface area contributed by atoms with Crippen LogP contribution >= 0.6 is 0 Å². The summed E-state index contributed by atoms with van der Waals surface area (Å²) in [5.74, 6) is 3.39. The Morgan fingerprint density at radius 1 is 1.47 bits per heavy atom. The summed E-state index contributed by atoms with van der Waals surface area (Å²) in [6.45, 7) is 5.77. The van der Waals surface area contributed by atoms with Gasteiger partial charge in [0.1, 0.15) is 0 Å². The van der Waals surface area contributed by atoms with Crippen molar-refractivity contribution in [2.45, 2.75) is 12.8 Å². The fraction of sp³-hybridized carbons (Fsp3) is 0.833. The summed E-state index contributed by atoms with van der Waals surface area (Å²) >= 11 is 0. The van der Waals surface area contributed by atoms with Crippen molar-refractivity contribution >= 4 is 0 Å². The lowest BCUT2D eigenvalue weighted by molar-refractivity contribution is 0.0559. The Morgan fingerprint density at radius 2 is 2.20 bits per heavy atom. The van der Waals surface area contributed by atoms with Crippen molar-refractivity contribution in [2.75, 3.05) is 46.4 Å². The van der Waals surface area contributed by atoms with Crippen LogP contribution in [0.15, 0.2) is 0 Å². The first kappa shape index (κ1) is 12.5. The lowest BCUT2D eigenvalue weighted by Crippen LogP contribution is -2.34. The second kappa shape index (κ2) is 7.70. The van der Waals surface area contributed by atoms with Crippen LogP contribution in [0, 0.1) is 18.3 Å². The highest BCUT2D eigenvalue weighted by molar-refractivity contribution is 4.86. The monoisotopic (exact) mass is 210 g/mol. The molecule has 0 aliphatic carbocycles. The number of hydrogen-bond acceptors (Lipinski definition) is 3. The van der Waals surface area contributed by atoms with Gasteiger partial charge in [0.25, 0.3) is 0 Å². The van der Waals surface area contributed by atoms with Gasteiger partial charge >= 0.3 is 0 Å². The van der Waals surface area contributed by atoms with E-state index in [0.717, 1.165) is 32.2 Å². The van der Waals surface area contributed by atoms with Crippen LogP contribution in [0.4, 0.5) is 0 Å². The molecular formula is C12H22N2O. The molecule has 1 aliphatic heterocycles. The van der Waals surface area contributed by atoms with Gasteiger partial charge in [-0.05, 0) is 25.8 Å². The summed E-state index contributed by atoms with van der Waals surface area (Å²) in [5, 5.41) is 3.20. The summed E-state index contributed by atoms with van der Waals surface area (Å²) in [6, 6.07) is 0. The third kappa shape index (κ3) is 5.78. The minimum Gasteiger partial charge on any atom is -0.381 e. The van der Waals surface area contributed by atoms with Crippen molar-refractivity contribution in [3.8, 4) is 12.3 Å². The molecule has 0 spiro atoms. The second-order valence-corrected chi connectivity index (χ2v) is 4.20. The molecule has 0 saturated carbocycles. The Bertz CT molecular complexity index is 194. The zero-order valence-electron chi connectivity index (χ0n) is 9.67. The summed E-state index contributed by atoms with van der Waals surface area (Å²) in [6.07, 6.45) is 7.58. The molecule has 1 aliphatic rings. The average molecular weight is 210 g/mol. The summed E-state index contributed by atoms with van der Waals surface area (Å²) < 4.78 is 5.34. The highest BCUT2D eigenvalue weighted by Crippen LogP contribution is 2.15. The largest absolute Gasteiger partial charge is 0.381 e. The maximum Gasteiger partial charge on any atom is 0.0574 e. The van der Waals surface area contributed by atoms with E-state index in [0.29, 0.717) is 6.54 Å². The summed E-state index contributed by atoms with van der Waals surface area (Å²) in [7, 11) is 2.17. The van der Waals surface area contributed by atoms with Gasteiger partial charge in [-0.25, -0.2) is 0 Å². The molecule has 0 bridgehead atoms. The van der Waals surface area contributed by atoms with Crippen LogP contribution in [0.5, 0.6) is 0 Å². The molecule has 0 aromatic rings. The molecule has 1 rings (SSSR count). The lowest BCUT2D eigenvalue weighted by Gasteiger charge is -2.27. The van der Waals surface area contributed by atoms with Crippen molar-refractivity contribution in [2.24, 2.45) is 5.92 Å². The van der Waals surface area contributed by atoms with Gasteiger partial charge in [0, 0.05) is 32.8 Å². The van der Waals surface area contributed by atoms with Crippen LogP contribution in [0.2, 0.25) is 0 Å². The Labute approximate surface area is 93.2 Å². The van der Waals surface area contributed by atoms with Gasteiger partial charge in [0.2, 0.25) is 0 Å². The van der Waals surface area contributed by atoms with Gasteiger partial charge in [0.05, 0.1) is 6.54 Å². The van der Waals surface area contributed by atoms with Crippen molar-refractivity contribution in [3.63, 3.8) is 0 Å². The molecule has 86 valence electrons. The van der Waals surface area contributed by atoms with Gasteiger partial charge in [-0.2, -0.15) is 0 Å². The van der Waals surface area contributed by atoms with E-state index in [1.807, 2.05) is 0 Å². The average Bonchev–Trinajstić information content (AvgIpc) is 2.26. The topological polar surface area (TPSA) is 24.5 Å². The van der Waals surface area contributed by atoms with E-state index in [-0.39, 0.29) is 0 Å². The van der Waals surface area contributed by atoms with Gasteiger partial charge in [-0.3, -0.25) is 0 Å². The van der Waals surface area contributed by atoms with E-state index in [4.69, 9.17) is 11.2 Å². The standard InChI is InChI=1S/C12H22N2O/c1-3-6-13-7-8-14(2)11-12-4-9-15-10-5-12/h1,12-13H,4-11H2,2H3. The van der Waals surface area contributed by atoms with E-state index in [9.17, 15) is 0 Å². The van der Waals surface area contributed by atoms with Gasteiger partial charge in [0.15, 0.2) is 0 Å². The zero-order chi connectivity index (χ0) is 10.9. The first-order valence-electron chi connectivity index (χ1n) is 5.73. The Hall–Kier alpha value is -0.560. The van der Waals surface area contributed by atoms with E-state index < -0.39 is 0 Å². The number of nitrogens with one attached hydrogen (secondary N) is 1. The van der Waals surface area contributed by atoms with Crippen molar-refractivity contribution in [1.29, 1.82) is 0 Å². The molecule has 1 fully saturated rings. The number of rotatable bonds is 6. The van der Waals surface area contributed by atoms with Gasteiger partial charge in [-0.15, -0.1) is 6.42 Å². The zero-order valence-corrected chi connectivity index (χ0v) is 9.67. The van der Waals surface area contributed by atoms with Crippen molar-refractivity contribution in [3.05, 3.63) is 0 Å². The molecule has 1 heterocycles. The van der Waals surface area contributed by atoms with E-state index >= 15 is 0 Å². The Morgan fingerprint density at radius 3 is 2.87 bits per heavy atom. The molecule has 1 N–H and O–H groups in total. The number of ether oxygens (including phenoxy) is 1. The molecule has 0 aromatic carbocycles. The number of likely N-dealkylation sites (N-methyl/N-ethyl adjacent to an activating group) is 1. The Kier molecular flexibility index (Phi) is 6.42. The molecule has 15 heavy (non-hydrogen) atoms. The third-order valence-electron chi connectivity index (χ3n) is 2.81. The molecule has 3 nitrogen and oxygen atoms in total. The van der Waals surface area contributed by atoms with Gasteiger partial charge < -0.3 is 15.0 Å². The van der Waals surface area contributed by atoms with E-state index in [1.165, 1.54) is 19.4 Å². The van der Waals surface area contributed by atoms with E-state index in [1.54, 1.807) is 0 Å². The fourth-order valence-electron chi connectivity index (χ4n) is 1.89. The maximum absolute atomic E-state index is 5.34. The third-order valence-corrected chi connectivity index (χ3v) is 2.81. The highest BCUT2D eigenvalue weighted by atomic mass is 16.5. The summed E-state index contributed by atoms with van der Waals surface area (Å²) in [4.78, 5) is 2.37. The molecule has 0 unspecified atom stereocenters. The lowest BCUT2D eigenvalue weighted by atomic mass is 10.00. The van der Waals surface area contributed by atoms with Crippen molar-refractivity contribution < 1.29 is 4.74 Å². The SMILES string of the molecule is C#CCNCCN(C)CC1CCOCC1. The van der Waals surface area contributed by atoms with Crippen LogP contribution < -0.4 is 5.32 Å². The normalized spacial score (nSPS) is 17.9. The Balaban J connectivity index is 2.01. The van der Waals surface area contributed by atoms with Gasteiger partial charge in [-0.1, -0.05) is 5.92 Å². The van der Waals surface area contributed by atoms with E-state index in [2.05, 4.69) is 23.2 Å². The maximum atomic E-state index is 5.34. The predicted molar refractivity (Wildman–Crippen MR) is 62.7 cm³/mol. The van der Waals surface area contributed by atoms with Crippen LogP contribution in [-0.4, -0.2) is 51.3 Å². The predicted octanol–water partition coefficient (Wildman–Crippen LogP) is 0.568. The molecule has 3 heteroatoms. The molecular weight excluding hydrogens is 188 g/mol. The summed E-state index contributed by atoms with van der Waals surface area (Å²) in [5.41, 5.74) is 0. The molecule has 1 saturated heterocycles. The number of hydrogen-bond donors (Lipinski definition) is 1. The molecule has 0 amide bonds. The quantitative estimate of drug-likeness (QED) is 0.512. The molecule has 0 atom stereocenters. The smallest absolute Gasteiger partial charge is 0.0574 e. The van der Waals surface area contributed by atoms with Crippen LogP contribution in [-0.2, 0) is 4.74 Å². The minimum atomic E-state index is 0.672. The first-order valence-corrected chi connectivity index (χ1v) is 5.73. The fourth-order valence-corrected chi connectivity index (χ4v) is 1.89. The first-order chi connectivity index (χ1) is 7.33. The second-order valence-electron chi connectivity index (χ2n) is 4.20. The highest BCUT2D eigenvalue weighted by Gasteiger charge is 2.15.